The third kappa shape index (κ3) is 3.05. The van der Waals surface area contributed by atoms with Gasteiger partial charge in [-0.3, -0.25) is 4.79 Å². The molecule has 0 aromatic rings. The second-order valence-corrected chi connectivity index (χ2v) is 5.33. The first-order valence-electron chi connectivity index (χ1n) is 6.68. The first-order chi connectivity index (χ1) is 8.50. The summed E-state index contributed by atoms with van der Waals surface area (Å²) in [6.45, 7) is 1.000. The van der Waals surface area contributed by atoms with E-state index >= 15 is 0 Å². The van der Waals surface area contributed by atoms with Crippen molar-refractivity contribution in [3.05, 3.63) is 0 Å². The van der Waals surface area contributed by atoms with E-state index in [2.05, 4.69) is 0 Å². The molecule has 2 nitrogen and oxygen atoms in total. The van der Waals surface area contributed by atoms with Crippen molar-refractivity contribution in [3.8, 4) is 0 Å². The predicted octanol–water partition coefficient (Wildman–Crippen LogP) is 3.35. The van der Waals surface area contributed by atoms with Gasteiger partial charge in [-0.25, -0.2) is 0 Å². The molecule has 2 rings (SSSR count). The Labute approximate surface area is 105 Å². The van der Waals surface area contributed by atoms with Gasteiger partial charge in [0.1, 0.15) is 5.78 Å². The highest BCUT2D eigenvalue weighted by Gasteiger charge is 2.48. The minimum atomic E-state index is -4.23. The highest BCUT2D eigenvalue weighted by atomic mass is 19.4. The molecule has 0 radical (unpaired) electrons. The van der Waals surface area contributed by atoms with E-state index in [1.807, 2.05) is 0 Å². The van der Waals surface area contributed by atoms with Gasteiger partial charge in [0.05, 0.1) is 5.92 Å². The minimum Gasteiger partial charge on any atom is -0.381 e. The van der Waals surface area contributed by atoms with Crippen LogP contribution < -0.4 is 0 Å². The largest absolute Gasteiger partial charge is 0.392 e. The van der Waals surface area contributed by atoms with E-state index in [1.165, 1.54) is 0 Å². The van der Waals surface area contributed by atoms with Crippen LogP contribution in [0.3, 0.4) is 0 Å². The van der Waals surface area contributed by atoms with Crippen LogP contribution in [0.1, 0.15) is 38.5 Å². The smallest absolute Gasteiger partial charge is 0.381 e. The summed E-state index contributed by atoms with van der Waals surface area (Å²) < 4.78 is 44.0. The van der Waals surface area contributed by atoms with Crippen molar-refractivity contribution in [1.29, 1.82) is 0 Å². The fourth-order valence-electron chi connectivity index (χ4n) is 3.15. The molecule has 0 aromatic heterocycles. The van der Waals surface area contributed by atoms with Gasteiger partial charge < -0.3 is 4.74 Å². The molecule has 0 bridgehead atoms. The minimum absolute atomic E-state index is 0.114. The Morgan fingerprint density at radius 1 is 1.00 bits per heavy atom. The molecule has 0 spiro atoms. The van der Waals surface area contributed by atoms with E-state index in [9.17, 15) is 18.0 Å². The molecule has 5 heteroatoms. The standard InChI is InChI=1S/C13H19F3O2/c14-13(15,16)11-4-2-1-3-10(11)12(17)9-5-7-18-8-6-9/h9-11H,1-8H2. The molecule has 2 aliphatic rings. The Bertz CT molecular complexity index is 295. The van der Waals surface area contributed by atoms with Crippen molar-refractivity contribution in [2.75, 3.05) is 13.2 Å². The van der Waals surface area contributed by atoms with Crippen LogP contribution in [-0.2, 0) is 9.53 Å². The number of hydrogen-bond donors (Lipinski definition) is 0. The molecule has 1 aliphatic heterocycles. The van der Waals surface area contributed by atoms with Crippen LogP contribution in [-0.4, -0.2) is 25.2 Å². The summed E-state index contributed by atoms with van der Waals surface area (Å²) in [5.41, 5.74) is 0. The van der Waals surface area contributed by atoms with Crippen molar-refractivity contribution >= 4 is 5.78 Å². The second-order valence-electron chi connectivity index (χ2n) is 5.33. The topological polar surface area (TPSA) is 26.3 Å². The lowest BCUT2D eigenvalue weighted by Gasteiger charge is -2.34. The van der Waals surface area contributed by atoms with Crippen LogP contribution in [0.5, 0.6) is 0 Å². The van der Waals surface area contributed by atoms with Gasteiger partial charge >= 0.3 is 6.18 Å². The molecule has 0 N–H and O–H groups in total. The highest BCUT2D eigenvalue weighted by Crippen LogP contribution is 2.43. The first kappa shape index (κ1) is 13.8. The number of halogens is 3. The lowest BCUT2D eigenvalue weighted by molar-refractivity contribution is -0.199. The molecule has 0 aromatic carbocycles. The van der Waals surface area contributed by atoms with Gasteiger partial charge in [0.25, 0.3) is 0 Å². The van der Waals surface area contributed by atoms with E-state index in [-0.39, 0.29) is 18.1 Å². The Balaban J connectivity index is 2.05. The third-order valence-corrected chi connectivity index (χ3v) is 4.18. The van der Waals surface area contributed by atoms with Gasteiger partial charge in [0.15, 0.2) is 0 Å². The lowest BCUT2D eigenvalue weighted by Crippen LogP contribution is -2.40. The van der Waals surface area contributed by atoms with Crippen LogP contribution in [0.25, 0.3) is 0 Å². The summed E-state index contributed by atoms with van der Waals surface area (Å²) in [6.07, 6.45) is -1.22. The molecule has 1 saturated carbocycles. The highest BCUT2D eigenvalue weighted by molar-refractivity contribution is 5.84. The van der Waals surface area contributed by atoms with Crippen molar-refractivity contribution in [2.45, 2.75) is 44.7 Å². The van der Waals surface area contributed by atoms with Crippen molar-refractivity contribution < 1.29 is 22.7 Å². The number of carbonyl (C=O) groups is 1. The van der Waals surface area contributed by atoms with Crippen LogP contribution in [0.4, 0.5) is 13.2 Å². The molecule has 18 heavy (non-hydrogen) atoms. The summed E-state index contributed by atoms with van der Waals surface area (Å²) in [7, 11) is 0. The van der Waals surface area contributed by atoms with Gasteiger partial charge in [-0.1, -0.05) is 12.8 Å². The summed E-state index contributed by atoms with van der Waals surface area (Å²) in [6, 6.07) is 0. The molecule has 1 heterocycles. The SMILES string of the molecule is O=C(C1CCOCC1)C1CCCCC1C(F)(F)F. The number of rotatable bonds is 2. The van der Waals surface area contributed by atoms with E-state index in [0.29, 0.717) is 38.9 Å². The van der Waals surface area contributed by atoms with Gasteiger partial charge in [-0.15, -0.1) is 0 Å². The molecule has 1 aliphatic carbocycles. The van der Waals surface area contributed by atoms with Crippen molar-refractivity contribution in [3.63, 3.8) is 0 Å². The normalized spacial score (nSPS) is 31.3. The second kappa shape index (κ2) is 5.59. The lowest BCUT2D eigenvalue weighted by atomic mass is 9.72. The Morgan fingerprint density at radius 3 is 2.22 bits per heavy atom. The number of Topliss-reactive ketones (excluding diaryl/α,β-unsaturated/α-hetero) is 1. The Hall–Kier alpha value is -0.580. The zero-order valence-corrected chi connectivity index (χ0v) is 10.3. The number of ketones is 1. The van der Waals surface area contributed by atoms with E-state index in [4.69, 9.17) is 4.74 Å². The molecule has 2 fully saturated rings. The Morgan fingerprint density at radius 2 is 1.61 bits per heavy atom. The quantitative estimate of drug-likeness (QED) is 0.764. The van der Waals surface area contributed by atoms with E-state index < -0.39 is 18.0 Å². The van der Waals surface area contributed by atoms with Crippen molar-refractivity contribution in [1.82, 2.24) is 0 Å². The molecule has 1 saturated heterocycles. The molecule has 2 atom stereocenters. The summed E-state index contributed by atoms with van der Waals surface area (Å²) in [5, 5.41) is 0. The summed E-state index contributed by atoms with van der Waals surface area (Å²) in [4.78, 5) is 12.3. The number of carbonyl (C=O) groups excluding carboxylic acids is 1. The zero-order chi connectivity index (χ0) is 13.2. The fraction of sp³-hybridized carbons (Fsp3) is 0.923. The zero-order valence-electron chi connectivity index (χ0n) is 10.3. The average Bonchev–Trinajstić information content (AvgIpc) is 2.38. The maximum Gasteiger partial charge on any atom is 0.392 e. The van der Waals surface area contributed by atoms with Crippen LogP contribution in [0.2, 0.25) is 0 Å². The van der Waals surface area contributed by atoms with Gasteiger partial charge in [-0.2, -0.15) is 13.2 Å². The molecular formula is C13H19F3O2. The number of ether oxygens (including phenoxy) is 1. The fourth-order valence-corrected chi connectivity index (χ4v) is 3.15. The van der Waals surface area contributed by atoms with Crippen molar-refractivity contribution in [2.24, 2.45) is 17.8 Å². The molecule has 104 valence electrons. The monoisotopic (exact) mass is 264 g/mol. The van der Waals surface area contributed by atoms with Crippen LogP contribution in [0, 0.1) is 17.8 Å². The van der Waals surface area contributed by atoms with E-state index in [0.717, 1.165) is 6.42 Å². The molecule has 0 amide bonds. The average molecular weight is 264 g/mol. The van der Waals surface area contributed by atoms with Crippen LogP contribution in [0.15, 0.2) is 0 Å². The molecule has 2 unspecified atom stereocenters. The maximum absolute atomic E-state index is 12.9. The third-order valence-electron chi connectivity index (χ3n) is 4.18. The predicted molar refractivity (Wildman–Crippen MR) is 60.1 cm³/mol. The van der Waals surface area contributed by atoms with Gasteiger partial charge in [0, 0.05) is 25.0 Å². The van der Waals surface area contributed by atoms with Gasteiger partial charge in [-0.05, 0) is 25.7 Å². The van der Waals surface area contributed by atoms with Gasteiger partial charge in [0.2, 0.25) is 0 Å². The molecular weight excluding hydrogens is 245 g/mol. The number of hydrogen-bond acceptors (Lipinski definition) is 2. The summed E-state index contributed by atoms with van der Waals surface area (Å²) >= 11 is 0. The van der Waals surface area contributed by atoms with Crippen LogP contribution >= 0.6 is 0 Å². The first-order valence-corrected chi connectivity index (χ1v) is 6.68. The Kier molecular flexibility index (Phi) is 4.30. The van der Waals surface area contributed by atoms with E-state index in [1.54, 1.807) is 0 Å². The maximum atomic E-state index is 12.9. The number of alkyl halides is 3. The summed E-state index contributed by atoms with van der Waals surface area (Å²) in [5.74, 6) is -2.60.